The molecule has 0 aliphatic heterocycles. The Morgan fingerprint density at radius 2 is 1.19 bits per heavy atom. The molecule has 0 N–H and O–H groups in total. The number of hydrogen-bond donors (Lipinski definition) is 0. The predicted octanol–water partition coefficient (Wildman–Crippen LogP) is 10.9. The molecule has 0 atom stereocenters. The van der Waals surface area contributed by atoms with E-state index in [1.165, 1.54) is 21.9 Å². The zero-order chi connectivity index (χ0) is 28.3. The zero-order valence-electron chi connectivity index (χ0n) is 23.4. The van der Waals surface area contributed by atoms with Gasteiger partial charge in [-0.3, -0.25) is 4.98 Å². The highest BCUT2D eigenvalue weighted by molar-refractivity contribution is 6.23. The van der Waals surface area contributed by atoms with Gasteiger partial charge in [0.2, 0.25) is 0 Å². The van der Waals surface area contributed by atoms with Gasteiger partial charge in [-0.15, -0.1) is 0 Å². The average molecular weight is 551 g/mol. The van der Waals surface area contributed by atoms with Crippen LogP contribution in [-0.4, -0.2) is 9.97 Å². The summed E-state index contributed by atoms with van der Waals surface area (Å²) in [5.41, 5.74) is 10.5. The molecule has 6 aromatic carbocycles. The fourth-order valence-electron chi connectivity index (χ4n) is 6.62. The Kier molecular flexibility index (Phi) is 5.32. The van der Waals surface area contributed by atoms with E-state index in [-0.39, 0.29) is 0 Å². The Morgan fingerprint density at radius 3 is 1.93 bits per heavy atom. The first-order valence-corrected chi connectivity index (χ1v) is 14.8. The molecule has 0 amide bonds. The highest BCUT2D eigenvalue weighted by Crippen LogP contribution is 2.37. The summed E-state index contributed by atoms with van der Waals surface area (Å²) in [5, 5.41) is 6.94. The molecule has 0 fully saturated rings. The average Bonchev–Trinajstić information content (AvgIpc) is 3.46. The van der Waals surface area contributed by atoms with Crippen LogP contribution in [0.2, 0.25) is 0 Å². The van der Waals surface area contributed by atoms with Crippen molar-refractivity contribution in [2.24, 2.45) is 0 Å². The number of aromatic nitrogens is 2. The molecule has 0 saturated carbocycles. The second-order valence-corrected chi connectivity index (χ2v) is 11.3. The molecule has 3 heteroatoms. The minimum atomic E-state index is 0.865. The minimum absolute atomic E-state index is 0.865. The number of fused-ring (bicyclic) bond motifs is 9. The summed E-state index contributed by atoms with van der Waals surface area (Å²) < 4.78 is 6.23. The van der Waals surface area contributed by atoms with Gasteiger partial charge in [0.1, 0.15) is 11.2 Å². The van der Waals surface area contributed by atoms with Gasteiger partial charge in [0, 0.05) is 27.1 Å². The van der Waals surface area contributed by atoms with E-state index in [4.69, 9.17) is 14.4 Å². The first-order chi connectivity index (χ1) is 21.3. The zero-order valence-corrected chi connectivity index (χ0v) is 23.4. The van der Waals surface area contributed by atoms with Crippen LogP contribution in [-0.2, 0) is 0 Å². The molecule has 0 saturated heterocycles. The van der Waals surface area contributed by atoms with Crippen molar-refractivity contribution in [2.75, 3.05) is 0 Å². The molecule has 0 unspecified atom stereocenters. The number of benzene rings is 6. The van der Waals surface area contributed by atoms with E-state index in [2.05, 4.69) is 127 Å². The lowest BCUT2D eigenvalue weighted by atomic mass is 9.95. The van der Waals surface area contributed by atoms with Gasteiger partial charge >= 0.3 is 0 Å². The quantitative estimate of drug-likeness (QED) is 0.205. The van der Waals surface area contributed by atoms with Crippen molar-refractivity contribution in [1.29, 1.82) is 0 Å². The van der Waals surface area contributed by atoms with Crippen molar-refractivity contribution < 1.29 is 4.42 Å². The summed E-state index contributed by atoms with van der Waals surface area (Å²) in [4.78, 5) is 10.2. The second kappa shape index (κ2) is 9.50. The molecule has 2 heterocycles. The Bertz CT molecular complexity index is 2430. The normalized spacial score (nSPS) is 13.4. The van der Waals surface area contributed by atoms with E-state index >= 15 is 0 Å². The Labute approximate surface area is 248 Å². The van der Waals surface area contributed by atoms with Crippen molar-refractivity contribution in [2.45, 2.75) is 12.8 Å². The van der Waals surface area contributed by atoms with Gasteiger partial charge in [-0.25, -0.2) is 4.98 Å². The molecule has 1 aliphatic carbocycles. The molecule has 1 aliphatic rings. The van der Waals surface area contributed by atoms with Gasteiger partial charge in [-0.1, -0.05) is 97.1 Å². The predicted molar refractivity (Wildman–Crippen MR) is 179 cm³/mol. The maximum atomic E-state index is 6.23. The fraction of sp³-hybridized carbons (Fsp3) is 0.0500. The molecule has 9 rings (SSSR count). The van der Waals surface area contributed by atoms with Crippen molar-refractivity contribution in [1.82, 2.24) is 9.97 Å². The van der Waals surface area contributed by atoms with Gasteiger partial charge in [0.05, 0.1) is 22.9 Å². The number of furan rings is 1. The van der Waals surface area contributed by atoms with Gasteiger partial charge < -0.3 is 4.42 Å². The SMILES string of the molecule is C1=CCCC(c2ccc3oc4ccc(-c5cccc(-c6cnc7c8ccccc8c8ccccc8c7n6)c5)cc4c3c2)=C1. The van der Waals surface area contributed by atoms with Crippen LogP contribution < -0.4 is 0 Å². The highest BCUT2D eigenvalue weighted by Gasteiger charge is 2.14. The van der Waals surface area contributed by atoms with E-state index in [1.54, 1.807) is 0 Å². The Hall–Kier alpha value is -5.54. The van der Waals surface area contributed by atoms with Gasteiger partial charge in [0.15, 0.2) is 0 Å². The number of rotatable bonds is 3. The number of nitrogens with zero attached hydrogens (tertiary/aromatic N) is 2. The fourth-order valence-corrected chi connectivity index (χ4v) is 6.62. The second-order valence-electron chi connectivity index (χ2n) is 11.3. The van der Waals surface area contributed by atoms with Crippen LogP contribution in [0.3, 0.4) is 0 Å². The lowest BCUT2D eigenvalue weighted by Gasteiger charge is -2.11. The van der Waals surface area contributed by atoms with E-state index in [0.29, 0.717) is 0 Å². The maximum absolute atomic E-state index is 6.23. The minimum Gasteiger partial charge on any atom is -0.456 e. The van der Waals surface area contributed by atoms with E-state index < -0.39 is 0 Å². The molecular weight excluding hydrogens is 524 g/mol. The monoisotopic (exact) mass is 550 g/mol. The summed E-state index contributed by atoms with van der Waals surface area (Å²) >= 11 is 0. The van der Waals surface area contributed by atoms with Crippen LogP contribution in [0.1, 0.15) is 18.4 Å². The standard InChI is InChI=1S/C40H26N2O/c1-2-9-25(10-3-1)27-17-19-37-34(22-27)35-23-28(18-20-38(35)43-37)26-11-8-12-29(21-26)36-24-41-39-32-15-6-4-13-30(32)31-14-5-7-16-33(31)40(39)42-36/h1-2,4-9,11-24H,3,10H2. The van der Waals surface area contributed by atoms with Crippen LogP contribution in [0.5, 0.6) is 0 Å². The first kappa shape index (κ1) is 24.1. The Morgan fingerprint density at radius 1 is 0.535 bits per heavy atom. The number of hydrogen-bond acceptors (Lipinski definition) is 3. The molecule has 202 valence electrons. The summed E-state index contributed by atoms with van der Waals surface area (Å²) in [7, 11) is 0. The molecular formula is C40H26N2O. The van der Waals surface area contributed by atoms with E-state index in [0.717, 1.165) is 79.0 Å². The maximum Gasteiger partial charge on any atom is 0.135 e. The third-order valence-electron chi connectivity index (χ3n) is 8.77. The molecule has 43 heavy (non-hydrogen) atoms. The smallest absolute Gasteiger partial charge is 0.135 e. The van der Waals surface area contributed by atoms with Gasteiger partial charge in [-0.2, -0.15) is 0 Å². The van der Waals surface area contributed by atoms with Crippen molar-refractivity contribution in [3.63, 3.8) is 0 Å². The number of allylic oxidation sites excluding steroid dienone is 4. The third-order valence-corrected chi connectivity index (χ3v) is 8.77. The molecule has 2 aromatic heterocycles. The van der Waals surface area contributed by atoms with Crippen molar-refractivity contribution >= 4 is 60.1 Å². The third kappa shape index (κ3) is 3.89. The van der Waals surface area contributed by atoms with Crippen LogP contribution in [0.25, 0.3) is 82.5 Å². The largest absolute Gasteiger partial charge is 0.456 e. The van der Waals surface area contributed by atoms with Crippen molar-refractivity contribution in [3.05, 3.63) is 139 Å². The lowest BCUT2D eigenvalue weighted by Crippen LogP contribution is -1.92. The highest BCUT2D eigenvalue weighted by atomic mass is 16.3. The summed E-state index contributed by atoms with van der Waals surface area (Å²) in [5.74, 6) is 0. The molecule has 3 nitrogen and oxygen atoms in total. The Balaban J connectivity index is 1.17. The van der Waals surface area contributed by atoms with E-state index in [9.17, 15) is 0 Å². The lowest BCUT2D eigenvalue weighted by molar-refractivity contribution is 0.669. The van der Waals surface area contributed by atoms with Crippen LogP contribution in [0.4, 0.5) is 0 Å². The molecule has 0 spiro atoms. The van der Waals surface area contributed by atoms with Gasteiger partial charge in [0.25, 0.3) is 0 Å². The van der Waals surface area contributed by atoms with Crippen LogP contribution in [0.15, 0.2) is 138 Å². The molecule has 0 radical (unpaired) electrons. The molecule has 0 bridgehead atoms. The topological polar surface area (TPSA) is 38.9 Å². The summed E-state index contributed by atoms with van der Waals surface area (Å²) in [6.45, 7) is 0. The van der Waals surface area contributed by atoms with E-state index in [1.807, 2.05) is 6.20 Å². The summed E-state index contributed by atoms with van der Waals surface area (Å²) in [6.07, 6.45) is 10.7. The van der Waals surface area contributed by atoms with Crippen molar-refractivity contribution in [3.8, 4) is 22.4 Å². The van der Waals surface area contributed by atoms with Crippen LogP contribution >= 0.6 is 0 Å². The molecule has 8 aromatic rings. The van der Waals surface area contributed by atoms with Crippen LogP contribution in [0, 0.1) is 0 Å². The first-order valence-electron chi connectivity index (χ1n) is 14.8. The summed E-state index contributed by atoms with van der Waals surface area (Å²) in [6, 6.07) is 38.6. The van der Waals surface area contributed by atoms with Gasteiger partial charge in [-0.05, 0) is 76.2 Å².